The van der Waals surface area contributed by atoms with Gasteiger partial charge >= 0.3 is 0 Å². The third-order valence-electron chi connectivity index (χ3n) is 4.78. The molecule has 4 heterocycles. The van der Waals surface area contributed by atoms with E-state index in [1.54, 1.807) is 0 Å². The number of nitrogens with zero attached hydrogens (tertiary/aromatic N) is 1. The lowest BCUT2D eigenvalue weighted by atomic mass is 9.77. The predicted octanol–water partition coefficient (Wildman–Crippen LogP) is -0.107. The van der Waals surface area contributed by atoms with Gasteiger partial charge in [-0.2, -0.15) is 0 Å². The first kappa shape index (κ1) is 13.2. The van der Waals surface area contributed by atoms with Gasteiger partial charge in [0.2, 0.25) is 17.7 Å². The van der Waals surface area contributed by atoms with Crippen LogP contribution in [0.4, 0.5) is 0 Å². The van der Waals surface area contributed by atoms with Gasteiger partial charge in [-0.25, -0.2) is 0 Å². The lowest BCUT2D eigenvalue weighted by Crippen LogP contribution is -2.66. The highest BCUT2D eigenvalue weighted by atomic mass is 16.7. The van der Waals surface area contributed by atoms with Crippen molar-refractivity contribution >= 4 is 17.7 Å². The van der Waals surface area contributed by atoms with Crippen LogP contribution in [0.5, 0.6) is 0 Å². The lowest BCUT2D eigenvalue weighted by molar-refractivity contribution is -0.379. The van der Waals surface area contributed by atoms with Crippen molar-refractivity contribution in [1.82, 2.24) is 10.2 Å². The summed E-state index contributed by atoms with van der Waals surface area (Å²) in [7, 11) is 0. The molecule has 0 spiro atoms. The fourth-order valence-corrected chi connectivity index (χ4v) is 4.03. The highest BCUT2D eigenvalue weighted by Gasteiger charge is 2.54. The molecule has 21 heavy (non-hydrogen) atoms. The highest BCUT2D eigenvalue weighted by Crippen LogP contribution is 2.47. The molecule has 1 saturated carbocycles. The Labute approximate surface area is 121 Å². The third kappa shape index (κ3) is 2.24. The normalized spacial score (nSPS) is 41.0. The zero-order chi connectivity index (χ0) is 14.6. The van der Waals surface area contributed by atoms with Crippen LogP contribution in [0.2, 0.25) is 0 Å². The first-order valence-corrected chi connectivity index (χ1v) is 7.53. The molecule has 7 heteroatoms. The van der Waals surface area contributed by atoms with Crippen molar-refractivity contribution in [3.8, 4) is 0 Å². The van der Waals surface area contributed by atoms with Crippen LogP contribution in [0.3, 0.4) is 0 Å². The van der Waals surface area contributed by atoms with Crippen molar-refractivity contribution in [2.24, 2.45) is 5.92 Å². The SMILES string of the molecule is O=C(CN1C(=O)CCC1=O)N[C@]12C[C@@H]3C[C@H](C[C@H](C3)O1)O2. The average molecular weight is 294 g/mol. The molecular formula is C14H18N2O5. The summed E-state index contributed by atoms with van der Waals surface area (Å²) in [6.45, 7) is -0.244. The van der Waals surface area contributed by atoms with E-state index in [1.807, 2.05) is 0 Å². The van der Waals surface area contributed by atoms with E-state index < -0.39 is 11.8 Å². The smallest absolute Gasteiger partial charge is 0.252 e. The van der Waals surface area contributed by atoms with E-state index in [1.165, 1.54) is 0 Å². The van der Waals surface area contributed by atoms with Crippen molar-refractivity contribution in [2.45, 2.75) is 56.6 Å². The Balaban J connectivity index is 1.42. The maximum absolute atomic E-state index is 12.2. The second-order valence-corrected chi connectivity index (χ2v) is 6.43. The van der Waals surface area contributed by atoms with Gasteiger partial charge < -0.3 is 14.8 Å². The van der Waals surface area contributed by atoms with Crippen LogP contribution in [-0.4, -0.2) is 47.3 Å². The molecule has 0 aromatic rings. The number of likely N-dealkylation sites (tertiary alicyclic amines) is 1. The number of carbonyl (C=O) groups excluding carboxylic acids is 3. The summed E-state index contributed by atoms with van der Waals surface area (Å²) in [4.78, 5) is 36.3. The van der Waals surface area contributed by atoms with Gasteiger partial charge in [0.1, 0.15) is 6.54 Å². The van der Waals surface area contributed by atoms with Gasteiger partial charge in [0, 0.05) is 25.7 Å². The fourth-order valence-electron chi connectivity index (χ4n) is 4.03. The molecule has 1 N–H and O–H groups in total. The minimum Gasteiger partial charge on any atom is -0.329 e. The molecular weight excluding hydrogens is 276 g/mol. The third-order valence-corrected chi connectivity index (χ3v) is 4.78. The molecule has 3 amide bonds. The van der Waals surface area contributed by atoms with Gasteiger partial charge in [-0.15, -0.1) is 0 Å². The topological polar surface area (TPSA) is 84.9 Å². The van der Waals surface area contributed by atoms with E-state index in [2.05, 4.69) is 5.32 Å². The van der Waals surface area contributed by atoms with E-state index >= 15 is 0 Å². The Morgan fingerprint density at radius 1 is 1.14 bits per heavy atom. The summed E-state index contributed by atoms with van der Waals surface area (Å²) < 4.78 is 11.7. The van der Waals surface area contributed by atoms with E-state index in [0.29, 0.717) is 12.3 Å². The van der Waals surface area contributed by atoms with E-state index in [4.69, 9.17) is 9.47 Å². The van der Waals surface area contributed by atoms with Crippen LogP contribution in [0.25, 0.3) is 0 Å². The zero-order valence-corrected chi connectivity index (χ0v) is 11.7. The van der Waals surface area contributed by atoms with Crippen molar-refractivity contribution < 1.29 is 23.9 Å². The monoisotopic (exact) mass is 294 g/mol. The maximum atomic E-state index is 12.2. The predicted molar refractivity (Wildman–Crippen MR) is 68.5 cm³/mol. The maximum Gasteiger partial charge on any atom is 0.252 e. The number of hydrogen-bond acceptors (Lipinski definition) is 5. The Morgan fingerprint density at radius 2 is 1.76 bits per heavy atom. The summed E-state index contributed by atoms with van der Waals surface area (Å²) in [6, 6.07) is 0. The molecule has 0 radical (unpaired) electrons. The van der Waals surface area contributed by atoms with Crippen LogP contribution in [0.1, 0.15) is 38.5 Å². The molecule has 4 bridgehead atoms. The minimum atomic E-state index is -1.04. The molecule has 0 unspecified atom stereocenters. The molecule has 1 aliphatic carbocycles. The van der Waals surface area contributed by atoms with Gasteiger partial charge in [0.05, 0.1) is 12.2 Å². The minimum absolute atomic E-state index is 0.145. The summed E-state index contributed by atoms with van der Waals surface area (Å²) in [5.74, 6) is -1.50. The van der Waals surface area contributed by atoms with Crippen LogP contribution in [-0.2, 0) is 23.9 Å². The molecule has 5 aliphatic rings. The van der Waals surface area contributed by atoms with E-state index in [0.717, 1.165) is 24.2 Å². The summed E-state index contributed by atoms with van der Waals surface area (Å²) in [5, 5.41) is 2.76. The Kier molecular flexibility index (Phi) is 2.84. The lowest BCUT2D eigenvalue weighted by Gasteiger charge is -2.55. The van der Waals surface area contributed by atoms with Crippen molar-refractivity contribution in [2.75, 3.05) is 6.54 Å². The molecule has 4 atom stereocenters. The van der Waals surface area contributed by atoms with E-state index in [9.17, 15) is 14.4 Å². The number of ether oxygens (including phenoxy) is 2. The molecule has 0 aromatic heterocycles. The Bertz CT molecular complexity index is 466. The molecule has 5 fully saturated rings. The number of nitrogens with one attached hydrogen (secondary N) is 1. The molecule has 5 rings (SSSR count). The number of rotatable bonds is 3. The number of imide groups is 1. The molecule has 114 valence electrons. The van der Waals surface area contributed by atoms with Gasteiger partial charge in [0.15, 0.2) is 0 Å². The zero-order valence-electron chi connectivity index (χ0n) is 11.7. The first-order chi connectivity index (χ1) is 10.0. The van der Waals surface area contributed by atoms with Crippen molar-refractivity contribution in [3.05, 3.63) is 0 Å². The number of amides is 3. The highest BCUT2D eigenvalue weighted by molar-refractivity contribution is 6.04. The molecule has 0 aromatic carbocycles. The van der Waals surface area contributed by atoms with Gasteiger partial charge in [0.25, 0.3) is 5.91 Å². The Hall–Kier alpha value is -1.47. The Morgan fingerprint density at radius 3 is 2.33 bits per heavy atom. The second kappa shape index (κ2) is 4.51. The molecule has 4 aliphatic heterocycles. The largest absolute Gasteiger partial charge is 0.329 e. The van der Waals surface area contributed by atoms with Gasteiger partial charge in [-0.3, -0.25) is 19.3 Å². The quantitative estimate of drug-likeness (QED) is 0.734. The van der Waals surface area contributed by atoms with Crippen LogP contribution in [0.15, 0.2) is 0 Å². The molecule has 4 saturated heterocycles. The number of hydrogen-bond donors (Lipinski definition) is 1. The standard InChI is InChI=1S/C14H18N2O5/c17-11(7-16-12(18)1-2-13(16)19)15-14-6-8-3-9(20-14)5-10(4-8)21-14/h8-10H,1-7H2,(H,15,17)/t8-,9-,10+,14+. The van der Waals surface area contributed by atoms with E-state index in [-0.39, 0.29) is 43.4 Å². The van der Waals surface area contributed by atoms with Crippen molar-refractivity contribution in [1.29, 1.82) is 0 Å². The number of carbonyl (C=O) groups is 3. The van der Waals surface area contributed by atoms with Crippen LogP contribution >= 0.6 is 0 Å². The summed E-state index contributed by atoms with van der Waals surface area (Å²) >= 11 is 0. The van der Waals surface area contributed by atoms with Crippen LogP contribution < -0.4 is 5.32 Å². The van der Waals surface area contributed by atoms with Crippen LogP contribution in [0, 0.1) is 5.92 Å². The van der Waals surface area contributed by atoms with Gasteiger partial charge in [-0.1, -0.05) is 0 Å². The van der Waals surface area contributed by atoms with Crippen molar-refractivity contribution in [3.63, 3.8) is 0 Å². The summed E-state index contributed by atoms with van der Waals surface area (Å²) in [6.07, 6.45) is 4.26. The second-order valence-electron chi connectivity index (χ2n) is 6.43. The molecule has 7 nitrogen and oxygen atoms in total. The summed E-state index contributed by atoms with van der Waals surface area (Å²) in [5.41, 5.74) is 0. The average Bonchev–Trinajstić information content (AvgIpc) is 2.68. The first-order valence-electron chi connectivity index (χ1n) is 7.53. The fraction of sp³-hybridized carbons (Fsp3) is 0.786. The van der Waals surface area contributed by atoms with Gasteiger partial charge in [-0.05, 0) is 18.8 Å².